The minimum absolute atomic E-state index is 0.123. The van der Waals surface area contributed by atoms with Crippen molar-refractivity contribution in [3.63, 3.8) is 0 Å². The maximum absolute atomic E-state index is 10.6. The van der Waals surface area contributed by atoms with E-state index in [1.807, 2.05) is 20.8 Å². The fourth-order valence-corrected chi connectivity index (χ4v) is 0.421. The normalized spacial score (nSPS) is 10.9. The third-order valence-electron chi connectivity index (χ3n) is 0.684. The quantitative estimate of drug-likeness (QED) is 0.443. The van der Waals surface area contributed by atoms with E-state index >= 15 is 0 Å². The van der Waals surface area contributed by atoms with Crippen LogP contribution in [0.15, 0.2) is 12.7 Å². The van der Waals surface area contributed by atoms with Gasteiger partial charge in [0.25, 0.3) is 0 Å². The summed E-state index contributed by atoms with van der Waals surface area (Å²) in [5.74, 6) is -0.123. The molecular weight excluding hydrogens is 210 g/mol. The molecular formula is C7H15NO5S. The number of carbonyl (C=O) groups is 1. The molecule has 0 spiro atoms. The molecule has 0 rings (SSSR count). The predicted octanol–water partition coefficient (Wildman–Crippen LogP) is 0.434. The van der Waals surface area contributed by atoms with E-state index in [1.165, 1.54) is 6.08 Å². The highest BCUT2D eigenvalue weighted by Gasteiger charge is 2.10. The summed E-state index contributed by atoms with van der Waals surface area (Å²) in [7, 11) is -4.67. The summed E-state index contributed by atoms with van der Waals surface area (Å²) < 4.78 is 31.6. The van der Waals surface area contributed by atoms with Crippen LogP contribution >= 0.6 is 0 Å². The van der Waals surface area contributed by atoms with Crippen molar-refractivity contribution in [3.8, 4) is 0 Å². The summed E-state index contributed by atoms with van der Waals surface area (Å²) in [4.78, 5) is 10.6. The van der Waals surface area contributed by atoms with Crippen LogP contribution in [-0.2, 0) is 15.2 Å². The minimum Gasteiger partial charge on any atom is -0.348 e. The first kappa shape index (κ1) is 15.5. The van der Waals surface area contributed by atoms with E-state index in [9.17, 15) is 4.79 Å². The Labute approximate surface area is 83.6 Å². The zero-order valence-electron chi connectivity index (χ0n) is 8.31. The fourth-order valence-electron chi connectivity index (χ4n) is 0.421. The van der Waals surface area contributed by atoms with Crippen LogP contribution in [-0.4, -0.2) is 29.0 Å². The molecule has 0 heterocycles. The van der Waals surface area contributed by atoms with Crippen LogP contribution in [0.25, 0.3) is 0 Å². The van der Waals surface area contributed by atoms with Gasteiger partial charge in [-0.1, -0.05) is 6.58 Å². The van der Waals surface area contributed by atoms with Crippen molar-refractivity contribution in [2.24, 2.45) is 0 Å². The first-order chi connectivity index (χ1) is 5.95. The molecule has 14 heavy (non-hydrogen) atoms. The molecule has 84 valence electrons. The van der Waals surface area contributed by atoms with Crippen molar-refractivity contribution in [3.05, 3.63) is 12.7 Å². The van der Waals surface area contributed by atoms with Crippen molar-refractivity contribution in [2.45, 2.75) is 26.3 Å². The van der Waals surface area contributed by atoms with Gasteiger partial charge in [0.05, 0.1) is 0 Å². The molecule has 0 atom stereocenters. The second-order valence-electron chi connectivity index (χ2n) is 3.39. The maximum Gasteiger partial charge on any atom is 0.394 e. The summed E-state index contributed by atoms with van der Waals surface area (Å²) in [6, 6.07) is 0. The first-order valence-corrected chi connectivity index (χ1v) is 5.00. The minimum atomic E-state index is -4.67. The Hall–Kier alpha value is -0.920. The maximum atomic E-state index is 10.6. The number of hydrogen-bond donors (Lipinski definition) is 3. The van der Waals surface area contributed by atoms with Gasteiger partial charge in [0.1, 0.15) is 0 Å². The van der Waals surface area contributed by atoms with Crippen molar-refractivity contribution >= 4 is 16.3 Å². The molecule has 3 N–H and O–H groups in total. The second-order valence-corrected chi connectivity index (χ2v) is 4.29. The van der Waals surface area contributed by atoms with Crippen LogP contribution in [0.1, 0.15) is 20.8 Å². The standard InChI is InChI=1S/C7H13NO.H2O4S/c1-5-6(9)8-7(2,3)4;1-5(2,3)4/h5H,1H2,2-4H3,(H,8,9);(H2,1,2,3,4). The lowest BCUT2D eigenvalue weighted by atomic mass is 10.1. The molecule has 0 radical (unpaired) electrons. The lowest BCUT2D eigenvalue weighted by Crippen LogP contribution is -2.39. The molecule has 0 aromatic rings. The van der Waals surface area contributed by atoms with Crippen molar-refractivity contribution < 1.29 is 22.3 Å². The Kier molecular flexibility index (Phi) is 6.37. The smallest absolute Gasteiger partial charge is 0.348 e. The lowest BCUT2D eigenvalue weighted by Gasteiger charge is -2.18. The van der Waals surface area contributed by atoms with Gasteiger partial charge in [0.2, 0.25) is 5.91 Å². The Morgan fingerprint density at radius 2 is 1.64 bits per heavy atom. The molecule has 0 saturated heterocycles. The topological polar surface area (TPSA) is 104 Å². The summed E-state index contributed by atoms with van der Waals surface area (Å²) in [6.45, 7) is 9.11. The van der Waals surface area contributed by atoms with Gasteiger partial charge in [-0.3, -0.25) is 13.9 Å². The summed E-state index contributed by atoms with van der Waals surface area (Å²) in [5, 5.41) is 2.71. The van der Waals surface area contributed by atoms with E-state index < -0.39 is 10.4 Å². The Morgan fingerprint density at radius 3 is 1.71 bits per heavy atom. The fraction of sp³-hybridized carbons (Fsp3) is 0.571. The number of rotatable bonds is 1. The zero-order valence-corrected chi connectivity index (χ0v) is 9.13. The molecule has 1 amide bonds. The highest BCUT2D eigenvalue weighted by atomic mass is 32.3. The van der Waals surface area contributed by atoms with Crippen molar-refractivity contribution in [1.82, 2.24) is 5.32 Å². The average Bonchev–Trinajstić information content (AvgIpc) is 1.79. The first-order valence-electron chi connectivity index (χ1n) is 3.60. The summed E-state index contributed by atoms with van der Waals surface area (Å²) in [6.07, 6.45) is 1.27. The predicted molar refractivity (Wildman–Crippen MR) is 52.3 cm³/mol. The van der Waals surface area contributed by atoms with Gasteiger partial charge in [-0.05, 0) is 26.8 Å². The molecule has 6 nitrogen and oxygen atoms in total. The third-order valence-corrected chi connectivity index (χ3v) is 0.684. The second kappa shape index (κ2) is 5.74. The molecule has 0 aliphatic carbocycles. The molecule has 0 aromatic carbocycles. The highest BCUT2D eigenvalue weighted by Crippen LogP contribution is 1.97. The van der Waals surface area contributed by atoms with Crippen LogP contribution in [0, 0.1) is 0 Å². The molecule has 0 aliphatic heterocycles. The van der Waals surface area contributed by atoms with E-state index in [2.05, 4.69) is 11.9 Å². The van der Waals surface area contributed by atoms with Crippen LogP contribution in [0.4, 0.5) is 0 Å². The molecule has 0 saturated carbocycles. The van der Waals surface area contributed by atoms with Gasteiger partial charge in [0.15, 0.2) is 0 Å². The molecule has 7 heteroatoms. The van der Waals surface area contributed by atoms with E-state index in [4.69, 9.17) is 17.5 Å². The molecule has 0 fully saturated rings. The molecule has 0 aliphatic rings. The summed E-state index contributed by atoms with van der Waals surface area (Å²) in [5.41, 5.74) is -0.148. The van der Waals surface area contributed by atoms with E-state index in [1.54, 1.807) is 0 Å². The van der Waals surface area contributed by atoms with Crippen LogP contribution in [0.5, 0.6) is 0 Å². The number of nitrogens with one attached hydrogen (secondary N) is 1. The number of amides is 1. The van der Waals surface area contributed by atoms with Gasteiger partial charge in [-0.25, -0.2) is 0 Å². The van der Waals surface area contributed by atoms with Crippen LogP contribution in [0.2, 0.25) is 0 Å². The zero-order chi connectivity index (χ0) is 12.0. The van der Waals surface area contributed by atoms with Crippen LogP contribution in [0.3, 0.4) is 0 Å². The Bertz CT molecular complexity index is 280. The third kappa shape index (κ3) is 30.5. The number of carbonyl (C=O) groups excluding carboxylic acids is 1. The molecule has 0 aromatic heterocycles. The van der Waals surface area contributed by atoms with Gasteiger partial charge < -0.3 is 5.32 Å². The van der Waals surface area contributed by atoms with E-state index in [0.29, 0.717) is 0 Å². The summed E-state index contributed by atoms with van der Waals surface area (Å²) >= 11 is 0. The molecule has 0 bridgehead atoms. The van der Waals surface area contributed by atoms with E-state index in [0.717, 1.165) is 0 Å². The van der Waals surface area contributed by atoms with Crippen molar-refractivity contribution in [1.29, 1.82) is 0 Å². The highest BCUT2D eigenvalue weighted by molar-refractivity contribution is 7.79. The number of hydrogen-bond acceptors (Lipinski definition) is 3. The SMILES string of the molecule is C=CC(=O)NC(C)(C)C.O=S(=O)(O)O. The van der Waals surface area contributed by atoms with Gasteiger partial charge in [-0.2, -0.15) is 8.42 Å². The lowest BCUT2D eigenvalue weighted by molar-refractivity contribution is -0.117. The van der Waals surface area contributed by atoms with Crippen molar-refractivity contribution in [2.75, 3.05) is 0 Å². The average molecular weight is 225 g/mol. The Balaban J connectivity index is 0. The van der Waals surface area contributed by atoms with Gasteiger partial charge >= 0.3 is 10.4 Å². The van der Waals surface area contributed by atoms with E-state index in [-0.39, 0.29) is 11.4 Å². The molecule has 0 unspecified atom stereocenters. The monoisotopic (exact) mass is 225 g/mol. The van der Waals surface area contributed by atoms with Gasteiger partial charge in [0, 0.05) is 5.54 Å². The van der Waals surface area contributed by atoms with Crippen LogP contribution < -0.4 is 5.32 Å². The van der Waals surface area contributed by atoms with Gasteiger partial charge in [-0.15, -0.1) is 0 Å². The largest absolute Gasteiger partial charge is 0.394 e. The Morgan fingerprint density at radius 1 is 1.36 bits per heavy atom.